The molecular formula is C17H16O. The molecule has 0 radical (unpaired) electrons. The van der Waals surface area contributed by atoms with Gasteiger partial charge in [-0.1, -0.05) is 66.8 Å². The molecule has 2 atom stereocenters. The lowest BCUT2D eigenvalue weighted by Gasteiger charge is -2.21. The molecule has 1 nitrogen and oxygen atoms in total. The molecule has 0 aromatic heterocycles. The maximum absolute atomic E-state index is 10.6. The van der Waals surface area contributed by atoms with Crippen LogP contribution in [0.1, 0.15) is 18.1 Å². The lowest BCUT2D eigenvalue weighted by Crippen LogP contribution is -2.11. The van der Waals surface area contributed by atoms with Crippen molar-refractivity contribution < 1.29 is 5.11 Å². The van der Waals surface area contributed by atoms with Crippen molar-refractivity contribution in [1.29, 1.82) is 0 Å². The molecule has 1 N–H and O–H groups in total. The van der Waals surface area contributed by atoms with Crippen LogP contribution in [0.5, 0.6) is 0 Å². The molecule has 2 aromatic rings. The van der Waals surface area contributed by atoms with Crippen LogP contribution in [0.25, 0.3) is 10.8 Å². The average molecular weight is 236 g/mol. The number of fused-ring (bicyclic) bond motifs is 1. The molecular weight excluding hydrogens is 220 g/mol. The van der Waals surface area contributed by atoms with E-state index >= 15 is 0 Å². The summed E-state index contributed by atoms with van der Waals surface area (Å²) < 4.78 is 0. The average Bonchev–Trinajstić information content (AvgIpc) is 2.47. The van der Waals surface area contributed by atoms with E-state index < -0.39 is 6.10 Å². The molecule has 0 amide bonds. The standard InChI is InChI=1S/C17H16O/c18-17(14-8-2-1-3-9-14)16-12-6-10-13-7-4-5-11-15(13)16/h1-8,10-12,14,17-18H,9H2/t14-,17-/m0/s1. The lowest BCUT2D eigenvalue weighted by atomic mass is 9.88. The van der Waals surface area contributed by atoms with Gasteiger partial charge in [0.25, 0.3) is 0 Å². The zero-order chi connectivity index (χ0) is 12.4. The first-order valence-corrected chi connectivity index (χ1v) is 6.35. The Balaban J connectivity index is 2.03. The van der Waals surface area contributed by atoms with Crippen molar-refractivity contribution in [2.24, 2.45) is 5.92 Å². The number of aliphatic hydroxyl groups excluding tert-OH is 1. The molecule has 0 aliphatic heterocycles. The molecule has 1 aliphatic carbocycles. The van der Waals surface area contributed by atoms with Gasteiger partial charge in [0.1, 0.15) is 0 Å². The maximum atomic E-state index is 10.6. The summed E-state index contributed by atoms with van der Waals surface area (Å²) in [6, 6.07) is 14.3. The second-order valence-corrected chi connectivity index (χ2v) is 4.73. The topological polar surface area (TPSA) is 20.2 Å². The van der Waals surface area contributed by atoms with Crippen molar-refractivity contribution in [3.05, 3.63) is 72.3 Å². The summed E-state index contributed by atoms with van der Waals surface area (Å²) in [4.78, 5) is 0. The number of hydrogen-bond donors (Lipinski definition) is 1. The van der Waals surface area contributed by atoms with Gasteiger partial charge in [-0.25, -0.2) is 0 Å². The van der Waals surface area contributed by atoms with Gasteiger partial charge < -0.3 is 5.11 Å². The molecule has 0 spiro atoms. The van der Waals surface area contributed by atoms with Gasteiger partial charge in [-0.05, 0) is 22.8 Å². The Morgan fingerprint density at radius 3 is 2.67 bits per heavy atom. The molecule has 1 heteroatoms. The number of aliphatic hydroxyl groups is 1. The van der Waals surface area contributed by atoms with Crippen LogP contribution in [0.15, 0.2) is 66.8 Å². The third-order valence-electron chi connectivity index (χ3n) is 3.56. The Morgan fingerprint density at radius 2 is 1.83 bits per heavy atom. The predicted octanol–water partition coefficient (Wildman–Crippen LogP) is 4.01. The lowest BCUT2D eigenvalue weighted by molar-refractivity contribution is 0.133. The summed E-state index contributed by atoms with van der Waals surface area (Å²) in [5, 5.41) is 12.9. The van der Waals surface area contributed by atoms with Gasteiger partial charge in [0.15, 0.2) is 0 Å². The van der Waals surface area contributed by atoms with E-state index in [0.29, 0.717) is 0 Å². The van der Waals surface area contributed by atoms with Crippen molar-refractivity contribution in [3.8, 4) is 0 Å². The minimum absolute atomic E-state index is 0.181. The molecule has 90 valence electrons. The summed E-state index contributed by atoms with van der Waals surface area (Å²) in [7, 11) is 0. The van der Waals surface area contributed by atoms with Gasteiger partial charge >= 0.3 is 0 Å². The highest BCUT2D eigenvalue weighted by molar-refractivity contribution is 5.86. The second kappa shape index (κ2) is 4.79. The SMILES string of the molecule is O[C@H](c1cccc2ccccc12)[C@H]1C=CC=CC1. The van der Waals surface area contributed by atoms with E-state index in [2.05, 4.69) is 30.4 Å². The zero-order valence-electron chi connectivity index (χ0n) is 10.2. The fourth-order valence-corrected chi connectivity index (χ4v) is 2.57. The third kappa shape index (κ3) is 1.98. The van der Waals surface area contributed by atoms with Crippen LogP contribution in [0.4, 0.5) is 0 Å². The second-order valence-electron chi connectivity index (χ2n) is 4.73. The van der Waals surface area contributed by atoms with E-state index in [9.17, 15) is 5.11 Å². The number of hydrogen-bond acceptors (Lipinski definition) is 1. The molecule has 18 heavy (non-hydrogen) atoms. The molecule has 0 saturated heterocycles. The molecule has 0 heterocycles. The highest BCUT2D eigenvalue weighted by atomic mass is 16.3. The van der Waals surface area contributed by atoms with Crippen LogP contribution >= 0.6 is 0 Å². The smallest absolute Gasteiger partial charge is 0.0861 e. The first-order chi connectivity index (χ1) is 8.86. The molecule has 3 rings (SSSR count). The van der Waals surface area contributed by atoms with Crippen molar-refractivity contribution in [2.75, 3.05) is 0 Å². The van der Waals surface area contributed by atoms with Crippen LogP contribution in [0.2, 0.25) is 0 Å². The minimum atomic E-state index is -0.433. The molecule has 0 bridgehead atoms. The molecule has 2 aromatic carbocycles. The highest BCUT2D eigenvalue weighted by Gasteiger charge is 2.19. The Bertz CT molecular complexity index is 605. The monoisotopic (exact) mass is 236 g/mol. The van der Waals surface area contributed by atoms with Gasteiger partial charge in [0, 0.05) is 5.92 Å². The number of benzene rings is 2. The van der Waals surface area contributed by atoms with Crippen LogP contribution in [-0.4, -0.2) is 5.11 Å². The minimum Gasteiger partial charge on any atom is -0.388 e. The number of rotatable bonds is 2. The van der Waals surface area contributed by atoms with Crippen molar-refractivity contribution in [2.45, 2.75) is 12.5 Å². The van der Waals surface area contributed by atoms with E-state index in [1.807, 2.05) is 36.4 Å². The van der Waals surface area contributed by atoms with Gasteiger partial charge in [-0.3, -0.25) is 0 Å². The molecule has 0 unspecified atom stereocenters. The first-order valence-electron chi connectivity index (χ1n) is 6.35. The van der Waals surface area contributed by atoms with Crippen molar-refractivity contribution >= 4 is 10.8 Å². The van der Waals surface area contributed by atoms with E-state index in [1.165, 1.54) is 5.39 Å². The quantitative estimate of drug-likeness (QED) is 0.835. The Morgan fingerprint density at radius 1 is 1.00 bits per heavy atom. The van der Waals surface area contributed by atoms with Gasteiger partial charge in [-0.15, -0.1) is 0 Å². The van der Waals surface area contributed by atoms with E-state index in [0.717, 1.165) is 17.4 Å². The third-order valence-corrected chi connectivity index (χ3v) is 3.56. The Labute approximate surface area is 107 Å². The summed E-state index contributed by atoms with van der Waals surface area (Å²) in [6.07, 6.45) is 8.72. The summed E-state index contributed by atoms with van der Waals surface area (Å²) in [6.45, 7) is 0. The van der Waals surface area contributed by atoms with Gasteiger partial charge in [-0.2, -0.15) is 0 Å². The maximum Gasteiger partial charge on any atom is 0.0861 e. The predicted molar refractivity (Wildman–Crippen MR) is 75.3 cm³/mol. The van der Waals surface area contributed by atoms with E-state index in [4.69, 9.17) is 0 Å². The van der Waals surface area contributed by atoms with E-state index in [-0.39, 0.29) is 5.92 Å². The highest BCUT2D eigenvalue weighted by Crippen LogP contribution is 2.32. The zero-order valence-corrected chi connectivity index (χ0v) is 10.2. The van der Waals surface area contributed by atoms with Crippen LogP contribution < -0.4 is 0 Å². The number of allylic oxidation sites excluding steroid dienone is 3. The normalized spacial score (nSPS) is 20.2. The summed E-state index contributed by atoms with van der Waals surface area (Å²) in [5.41, 5.74) is 1.03. The van der Waals surface area contributed by atoms with Crippen molar-refractivity contribution in [1.82, 2.24) is 0 Å². The Kier molecular flexibility index (Phi) is 2.99. The van der Waals surface area contributed by atoms with Crippen LogP contribution in [0.3, 0.4) is 0 Å². The van der Waals surface area contributed by atoms with Crippen molar-refractivity contribution in [3.63, 3.8) is 0 Å². The molecule has 1 aliphatic rings. The summed E-state index contributed by atoms with van der Waals surface area (Å²) >= 11 is 0. The van der Waals surface area contributed by atoms with E-state index in [1.54, 1.807) is 0 Å². The van der Waals surface area contributed by atoms with Crippen LogP contribution in [0, 0.1) is 5.92 Å². The fourth-order valence-electron chi connectivity index (χ4n) is 2.57. The van der Waals surface area contributed by atoms with Gasteiger partial charge in [0.2, 0.25) is 0 Å². The largest absolute Gasteiger partial charge is 0.388 e. The first kappa shape index (κ1) is 11.2. The summed E-state index contributed by atoms with van der Waals surface area (Å²) in [5.74, 6) is 0.181. The van der Waals surface area contributed by atoms with Gasteiger partial charge in [0.05, 0.1) is 6.10 Å². The Hall–Kier alpha value is -1.86. The molecule has 0 fully saturated rings. The van der Waals surface area contributed by atoms with Crippen LogP contribution in [-0.2, 0) is 0 Å². The fraction of sp³-hybridized carbons (Fsp3) is 0.176. The molecule has 0 saturated carbocycles.